The molecule has 96 valence electrons. The largest absolute Gasteiger partial charge is 0.360 e. The fourth-order valence-corrected chi connectivity index (χ4v) is 2.89. The topological polar surface area (TPSA) is 72.2 Å². The van der Waals surface area contributed by atoms with Gasteiger partial charge in [0.25, 0.3) is 0 Å². The van der Waals surface area contributed by atoms with Crippen LogP contribution in [-0.2, 0) is 16.6 Å². The number of benzene rings is 1. The van der Waals surface area contributed by atoms with Gasteiger partial charge in [0, 0.05) is 10.5 Å². The zero-order valence-corrected chi connectivity index (χ0v) is 12.1. The molecule has 0 saturated carbocycles. The van der Waals surface area contributed by atoms with Gasteiger partial charge in [-0.25, -0.2) is 13.1 Å². The number of hydrogen-bond donors (Lipinski definition) is 1. The van der Waals surface area contributed by atoms with Crippen molar-refractivity contribution in [3.05, 3.63) is 45.7 Å². The molecule has 1 aromatic heterocycles. The summed E-state index contributed by atoms with van der Waals surface area (Å²) in [4.78, 5) is 0.123. The van der Waals surface area contributed by atoms with Gasteiger partial charge >= 0.3 is 0 Å². The Balaban J connectivity index is 2.17. The summed E-state index contributed by atoms with van der Waals surface area (Å²) in [6, 6.07) is 5.95. The summed E-state index contributed by atoms with van der Waals surface area (Å²) in [6.07, 6.45) is 1.45. The van der Waals surface area contributed by atoms with Crippen LogP contribution in [0.2, 0.25) is 5.02 Å². The third-order valence-corrected chi connectivity index (χ3v) is 4.74. The van der Waals surface area contributed by atoms with Crippen molar-refractivity contribution in [2.24, 2.45) is 0 Å². The van der Waals surface area contributed by atoms with Crippen LogP contribution in [-0.4, -0.2) is 13.6 Å². The number of halogens is 2. The van der Waals surface area contributed by atoms with Crippen LogP contribution < -0.4 is 4.72 Å². The third kappa shape index (κ3) is 3.11. The molecule has 1 aromatic carbocycles. The first-order valence-electron chi connectivity index (χ1n) is 4.83. The second-order valence-electron chi connectivity index (χ2n) is 3.38. The van der Waals surface area contributed by atoms with Crippen LogP contribution in [0.4, 0.5) is 0 Å². The molecule has 1 heterocycles. The molecule has 0 atom stereocenters. The predicted molar refractivity (Wildman–Crippen MR) is 69.7 cm³/mol. The lowest BCUT2D eigenvalue weighted by Crippen LogP contribution is -2.23. The number of sulfonamides is 1. The van der Waals surface area contributed by atoms with Gasteiger partial charge in [0.15, 0.2) is 5.76 Å². The van der Waals surface area contributed by atoms with Crippen molar-refractivity contribution in [2.75, 3.05) is 0 Å². The highest BCUT2D eigenvalue weighted by molar-refractivity contribution is 9.10. The minimum absolute atomic E-state index is 0.0442. The lowest BCUT2D eigenvalue weighted by molar-refractivity contribution is 0.380. The molecule has 2 aromatic rings. The molecule has 5 nitrogen and oxygen atoms in total. The van der Waals surface area contributed by atoms with Crippen LogP contribution in [0, 0.1) is 0 Å². The highest BCUT2D eigenvalue weighted by Gasteiger charge is 2.15. The quantitative estimate of drug-likeness (QED) is 0.919. The second-order valence-corrected chi connectivity index (χ2v) is 6.41. The van der Waals surface area contributed by atoms with E-state index in [4.69, 9.17) is 16.1 Å². The van der Waals surface area contributed by atoms with Gasteiger partial charge in [0.1, 0.15) is 0 Å². The minimum atomic E-state index is -3.60. The summed E-state index contributed by atoms with van der Waals surface area (Å²) < 4.78 is 31.6. The molecule has 2 rings (SSSR count). The normalized spacial score (nSPS) is 11.7. The monoisotopic (exact) mass is 350 g/mol. The van der Waals surface area contributed by atoms with Gasteiger partial charge in [0.05, 0.1) is 22.7 Å². The van der Waals surface area contributed by atoms with Gasteiger partial charge in [-0.2, -0.15) is 0 Å². The number of hydrogen-bond acceptors (Lipinski definition) is 4. The molecule has 0 aliphatic rings. The Labute approximate surface area is 117 Å². The van der Waals surface area contributed by atoms with Crippen LogP contribution >= 0.6 is 27.5 Å². The second kappa shape index (κ2) is 5.40. The SMILES string of the molecule is O=S(=O)(NCc1ccno1)c1ccc(Cl)c(Br)c1. The van der Waals surface area contributed by atoms with Gasteiger partial charge in [-0.1, -0.05) is 16.8 Å². The van der Waals surface area contributed by atoms with E-state index in [9.17, 15) is 8.42 Å². The molecule has 0 bridgehead atoms. The van der Waals surface area contributed by atoms with Crippen LogP contribution in [0.5, 0.6) is 0 Å². The average Bonchev–Trinajstić information content (AvgIpc) is 2.83. The zero-order chi connectivity index (χ0) is 13.2. The number of nitrogens with one attached hydrogen (secondary N) is 1. The van der Waals surface area contributed by atoms with Crippen molar-refractivity contribution in [3.63, 3.8) is 0 Å². The van der Waals surface area contributed by atoms with Gasteiger partial charge in [-0.3, -0.25) is 0 Å². The maximum atomic E-state index is 12.0. The molecule has 0 amide bonds. The van der Waals surface area contributed by atoms with Crippen LogP contribution in [0.1, 0.15) is 5.76 Å². The van der Waals surface area contributed by atoms with E-state index in [0.29, 0.717) is 15.3 Å². The zero-order valence-electron chi connectivity index (χ0n) is 8.93. The summed E-state index contributed by atoms with van der Waals surface area (Å²) in [5, 5.41) is 3.93. The lowest BCUT2D eigenvalue weighted by atomic mass is 10.4. The predicted octanol–water partition coefficient (Wildman–Crippen LogP) is 2.57. The summed E-state index contributed by atoms with van der Waals surface area (Å²) in [5.41, 5.74) is 0. The molecule has 0 saturated heterocycles. The van der Waals surface area contributed by atoms with Crippen molar-refractivity contribution < 1.29 is 12.9 Å². The Kier molecular flexibility index (Phi) is 4.06. The smallest absolute Gasteiger partial charge is 0.241 e. The Bertz CT molecular complexity index is 643. The fourth-order valence-electron chi connectivity index (χ4n) is 1.23. The third-order valence-electron chi connectivity index (χ3n) is 2.13. The van der Waals surface area contributed by atoms with E-state index >= 15 is 0 Å². The van der Waals surface area contributed by atoms with E-state index in [1.807, 2.05) is 0 Å². The Morgan fingerprint density at radius 3 is 2.78 bits per heavy atom. The van der Waals surface area contributed by atoms with Crippen molar-refractivity contribution in [1.29, 1.82) is 0 Å². The first-order valence-corrected chi connectivity index (χ1v) is 7.49. The van der Waals surface area contributed by atoms with Gasteiger partial charge in [0.2, 0.25) is 10.0 Å². The molecule has 8 heteroatoms. The van der Waals surface area contributed by atoms with E-state index in [1.165, 1.54) is 24.4 Å². The van der Waals surface area contributed by atoms with E-state index in [0.717, 1.165) is 0 Å². The summed E-state index contributed by atoms with van der Waals surface area (Å²) >= 11 is 8.98. The summed E-state index contributed by atoms with van der Waals surface area (Å²) in [6.45, 7) is 0.0442. The van der Waals surface area contributed by atoms with E-state index in [1.54, 1.807) is 6.07 Å². The summed E-state index contributed by atoms with van der Waals surface area (Å²) in [7, 11) is -3.60. The highest BCUT2D eigenvalue weighted by Crippen LogP contribution is 2.25. The van der Waals surface area contributed by atoms with E-state index in [-0.39, 0.29) is 11.4 Å². The molecule has 18 heavy (non-hydrogen) atoms. The van der Waals surface area contributed by atoms with Crippen molar-refractivity contribution in [1.82, 2.24) is 9.88 Å². The van der Waals surface area contributed by atoms with Crippen molar-refractivity contribution >= 4 is 37.6 Å². The maximum absolute atomic E-state index is 12.0. The maximum Gasteiger partial charge on any atom is 0.241 e. The highest BCUT2D eigenvalue weighted by atomic mass is 79.9. The van der Waals surface area contributed by atoms with Gasteiger partial charge in [-0.05, 0) is 34.1 Å². The van der Waals surface area contributed by atoms with Crippen molar-refractivity contribution in [3.8, 4) is 0 Å². The molecular weight excluding hydrogens is 344 g/mol. The van der Waals surface area contributed by atoms with E-state index in [2.05, 4.69) is 25.8 Å². The summed E-state index contributed by atoms with van der Waals surface area (Å²) in [5.74, 6) is 0.437. The molecule has 0 radical (unpaired) electrons. The van der Waals surface area contributed by atoms with Crippen LogP contribution in [0.15, 0.2) is 44.4 Å². The van der Waals surface area contributed by atoms with Crippen LogP contribution in [0.3, 0.4) is 0 Å². The van der Waals surface area contributed by atoms with Gasteiger partial charge in [-0.15, -0.1) is 0 Å². The Morgan fingerprint density at radius 1 is 1.39 bits per heavy atom. The molecule has 0 fully saturated rings. The number of aromatic nitrogens is 1. The molecule has 0 spiro atoms. The first-order chi connectivity index (χ1) is 8.49. The van der Waals surface area contributed by atoms with Crippen LogP contribution in [0.25, 0.3) is 0 Å². The molecule has 0 aliphatic carbocycles. The van der Waals surface area contributed by atoms with Gasteiger partial charge < -0.3 is 4.52 Å². The first kappa shape index (κ1) is 13.5. The minimum Gasteiger partial charge on any atom is -0.360 e. The average molecular weight is 352 g/mol. The lowest BCUT2D eigenvalue weighted by Gasteiger charge is -2.06. The van der Waals surface area contributed by atoms with E-state index < -0.39 is 10.0 Å². The molecule has 1 N–H and O–H groups in total. The Hall–Kier alpha value is -0.890. The number of rotatable bonds is 4. The molecule has 0 aliphatic heterocycles. The molecular formula is C10H8BrClN2O3S. The standard InChI is InChI=1S/C10H8BrClN2O3S/c11-9-5-8(1-2-10(9)12)18(15,16)14-6-7-3-4-13-17-7/h1-5,14H,6H2. The Morgan fingerprint density at radius 2 is 2.17 bits per heavy atom. The number of nitrogens with zero attached hydrogens (tertiary/aromatic N) is 1. The fraction of sp³-hybridized carbons (Fsp3) is 0.100. The molecule has 0 unspecified atom stereocenters. The van der Waals surface area contributed by atoms with Crippen molar-refractivity contribution in [2.45, 2.75) is 11.4 Å².